The lowest BCUT2D eigenvalue weighted by Gasteiger charge is -2.16. The quantitative estimate of drug-likeness (QED) is 0.652. The Hall–Kier alpha value is -2.96. The molecule has 0 aliphatic carbocycles. The first-order chi connectivity index (χ1) is 10.9. The third-order valence-electron chi connectivity index (χ3n) is 3.45. The van der Waals surface area contributed by atoms with Crippen LogP contribution in [0.4, 0.5) is 10.1 Å². The van der Waals surface area contributed by atoms with Crippen LogP contribution in [0, 0.1) is 15.9 Å². The first-order valence-corrected chi connectivity index (χ1v) is 6.72. The molecule has 23 heavy (non-hydrogen) atoms. The van der Waals surface area contributed by atoms with Crippen LogP contribution >= 0.6 is 0 Å². The summed E-state index contributed by atoms with van der Waals surface area (Å²) in [7, 11) is 1.38. The molecule has 0 amide bonds. The van der Waals surface area contributed by atoms with Gasteiger partial charge in [-0.25, -0.2) is 4.39 Å². The van der Waals surface area contributed by atoms with Gasteiger partial charge >= 0.3 is 5.97 Å². The van der Waals surface area contributed by atoms with Crippen LogP contribution < -0.4 is 4.74 Å². The zero-order valence-corrected chi connectivity index (χ0v) is 12.2. The normalized spacial score (nSPS) is 11.7. The van der Waals surface area contributed by atoms with Gasteiger partial charge in [-0.3, -0.25) is 14.9 Å². The number of benzene rings is 2. The molecule has 2 aromatic rings. The van der Waals surface area contributed by atoms with Gasteiger partial charge in [-0.05, 0) is 30.2 Å². The van der Waals surface area contributed by atoms with E-state index in [9.17, 15) is 24.4 Å². The second kappa shape index (κ2) is 6.87. The summed E-state index contributed by atoms with van der Waals surface area (Å²) in [6.45, 7) is 0. The van der Waals surface area contributed by atoms with E-state index in [2.05, 4.69) is 0 Å². The summed E-state index contributed by atoms with van der Waals surface area (Å²) >= 11 is 0. The Kier molecular flexibility index (Phi) is 4.90. The number of nitro benzene ring substituents is 1. The number of carboxylic acids is 1. The molecular weight excluding hydrogens is 305 g/mol. The second-order valence-corrected chi connectivity index (χ2v) is 4.90. The summed E-state index contributed by atoms with van der Waals surface area (Å²) in [4.78, 5) is 21.7. The van der Waals surface area contributed by atoms with E-state index in [0.717, 1.165) is 6.07 Å². The molecule has 1 atom stereocenters. The molecule has 0 spiro atoms. The number of hydrogen-bond acceptors (Lipinski definition) is 4. The molecule has 0 aliphatic heterocycles. The third kappa shape index (κ3) is 3.82. The maximum Gasteiger partial charge on any atom is 0.311 e. The second-order valence-electron chi connectivity index (χ2n) is 4.90. The SMILES string of the molecule is COc1ccc(F)cc1C(Cc1ccc([N+](=O)[O-])cc1)C(=O)O. The van der Waals surface area contributed by atoms with Gasteiger partial charge in [0.2, 0.25) is 0 Å². The van der Waals surface area contributed by atoms with E-state index in [1.807, 2.05) is 0 Å². The van der Waals surface area contributed by atoms with Crippen molar-refractivity contribution in [1.29, 1.82) is 0 Å². The zero-order chi connectivity index (χ0) is 17.0. The van der Waals surface area contributed by atoms with Crippen molar-refractivity contribution in [2.24, 2.45) is 0 Å². The standard InChI is InChI=1S/C16H14FNO5/c1-23-15-7-4-11(17)9-13(15)14(16(19)20)8-10-2-5-12(6-3-10)18(21)22/h2-7,9,14H,8H2,1H3,(H,19,20). The first kappa shape index (κ1) is 16.4. The Bertz CT molecular complexity index is 730. The van der Waals surface area contributed by atoms with Crippen LogP contribution in [0.1, 0.15) is 17.0 Å². The predicted octanol–water partition coefficient (Wildman–Crippen LogP) is 3.15. The summed E-state index contributed by atoms with van der Waals surface area (Å²) in [5.41, 5.74) is 0.733. The number of methoxy groups -OCH3 is 1. The number of non-ortho nitro benzene ring substituents is 1. The fraction of sp³-hybridized carbons (Fsp3) is 0.188. The van der Waals surface area contributed by atoms with Gasteiger partial charge in [-0.2, -0.15) is 0 Å². The minimum absolute atomic E-state index is 0.0626. The van der Waals surface area contributed by atoms with Crippen LogP contribution in [0.2, 0.25) is 0 Å². The Labute approximate surface area is 131 Å². The number of carbonyl (C=O) groups is 1. The summed E-state index contributed by atoms with van der Waals surface area (Å²) < 4.78 is 18.6. The molecule has 2 rings (SSSR count). The number of carboxylic acid groups (broad SMARTS) is 1. The molecule has 6 nitrogen and oxygen atoms in total. The van der Waals surface area contributed by atoms with E-state index in [1.165, 1.54) is 43.5 Å². The first-order valence-electron chi connectivity index (χ1n) is 6.72. The van der Waals surface area contributed by atoms with E-state index in [4.69, 9.17) is 4.74 Å². The molecule has 0 heterocycles. The summed E-state index contributed by atoms with van der Waals surface area (Å²) in [6, 6.07) is 9.26. The monoisotopic (exact) mass is 319 g/mol. The van der Waals surface area contributed by atoms with Crippen molar-refractivity contribution in [2.45, 2.75) is 12.3 Å². The molecular formula is C16H14FNO5. The molecule has 0 bridgehead atoms. The van der Waals surface area contributed by atoms with E-state index >= 15 is 0 Å². The van der Waals surface area contributed by atoms with Crippen molar-refractivity contribution in [3.63, 3.8) is 0 Å². The molecule has 2 aromatic carbocycles. The van der Waals surface area contributed by atoms with Crippen molar-refractivity contribution < 1.29 is 24.0 Å². The van der Waals surface area contributed by atoms with Crippen molar-refractivity contribution in [2.75, 3.05) is 7.11 Å². The van der Waals surface area contributed by atoms with Crippen molar-refractivity contribution in [3.8, 4) is 5.75 Å². The Morgan fingerprint density at radius 1 is 1.30 bits per heavy atom. The number of rotatable bonds is 6. The summed E-state index contributed by atoms with van der Waals surface area (Å²) in [6.07, 6.45) is 0.0626. The van der Waals surface area contributed by atoms with Crippen LogP contribution in [0.3, 0.4) is 0 Å². The van der Waals surface area contributed by atoms with Crippen molar-refractivity contribution in [3.05, 3.63) is 69.5 Å². The molecule has 7 heteroatoms. The average molecular weight is 319 g/mol. The highest BCUT2D eigenvalue weighted by Crippen LogP contribution is 2.31. The van der Waals surface area contributed by atoms with Gasteiger partial charge < -0.3 is 9.84 Å². The number of aliphatic carboxylic acids is 1. The van der Waals surface area contributed by atoms with Gasteiger partial charge in [0, 0.05) is 17.7 Å². The van der Waals surface area contributed by atoms with Gasteiger partial charge in [0.25, 0.3) is 5.69 Å². The maximum atomic E-state index is 13.5. The van der Waals surface area contributed by atoms with Crippen LogP contribution in [0.5, 0.6) is 5.75 Å². The molecule has 0 radical (unpaired) electrons. The van der Waals surface area contributed by atoms with Crippen molar-refractivity contribution in [1.82, 2.24) is 0 Å². The number of nitro groups is 1. The van der Waals surface area contributed by atoms with Gasteiger partial charge in [-0.15, -0.1) is 0 Å². The molecule has 0 aliphatic rings. The molecule has 1 N–H and O–H groups in total. The van der Waals surface area contributed by atoms with Crippen LogP contribution in [0.15, 0.2) is 42.5 Å². The van der Waals surface area contributed by atoms with Gasteiger partial charge in [-0.1, -0.05) is 12.1 Å². The highest BCUT2D eigenvalue weighted by atomic mass is 19.1. The Morgan fingerprint density at radius 3 is 2.48 bits per heavy atom. The van der Waals surface area contributed by atoms with Crippen LogP contribution in [-0.4, -0.2) is 23.1 Å². The molecule has 1 unspecified atom stereocenters. The minimum Gasteiger partial charge on any atom is -0.496 e. The van der Waals surface area contributed by atoms with Crippen molar-refractivity contribution >= 4 is 11.7 Å². The van der Waals surface area contributed by atoms with E-state index < -0.39 is 22.6 Å². The van der Waals surface area contributed by atoms with Crippen LogP contribution in [0.25, 0.3) is 0 Å². The smallest absolute Gasteiger partial charge is 0.311 e. The van der Waals surface area contributed by atoms with E-state index in [1.54, 1.807) is 0 Å². The lowest BCUT2D eigenvalue weighted by Crippen LogP contribution is -2.15. The van der Waals surface area contributed by atoms with E-state index in [0.29, 0.717) is 5.56 Å². The minimum atomic E-state index is -1.13. The highest BCUT2D eigenvalue weighted by Gasteiger charge is 2.24. The number of halogens is 1. The summed E-state index contributed by atoms with van der Waals surface area (Å²) in [5, 5.41) is 20.1. The average Bonchev–Trinajstić information content (AvgIpc) is 2.52. The lowest BCUT2D eigenvalue weighted by molar-refractivity contribution is -0.384. The molecule has 120 valence electrons. The maximum absolute atomic E-state index is 13.5. The predicted molar refractivity (Wildman–Crippen MR) is 80.1 cm³/mol. The molecule has 0 fully saturated rings. The zero-order valence-electron chi connectivity index (χ0n) is 12.2. The van der Waals surface area contributed by atoms with Gasteiger partial charge in [0.1, 0.15) is 11.6 Å². The van der Waals surface area contributed by atoms with Crippen LogP contribution in [-0.2, 0) is 11.2 Å². The lowest BCUT2D eigenvalue weighted by atomic mass is 9.91. The topological polar surface area (TPSA) is 89.7 Å². The van der Waals surface area contributed by atoms with Gasteiger partial charge in [0.05, 0.1) is 18.0 Å². The Balaban J connectivity index is 2.34. The summed E-state index contributed by atoms with van der Waals surface area (Å²) in [5.74, 6) is -2.44. The number of ether oxygens (including phenoxy) is 1. The number of nitrogens with zero attached hydrogens (tertiary/aromatic N) is 1. The number of hydrogen-bond donors (Lipinski definition) is 1. The third-order valence-corrected chi connectivity index (χ3v) is 3.45. The molecule has 0 aromatic heterocycles. The molecule has 0 saturated heterocycles. The largest absolute Gasteiger partial charge is 0.496 e. The fourth-order valence-corrected chi connectivity index (χ4v) is 2.30. The molecule has 0 saturated carbocycles. The highest BCUT2D eigenvalue weighted by molar-refractivity contribution is 5.77. The van der Waals surface area contributed by atoms with Gasteiger partial charge in [0.15, 0.2) is 0 Å². The fourth-order valence-electron chi connectivity index (χ4n) is 2.30. The Morgan fingerprint density at radius 2 is 1.96 bits per heavy atom. The van der Waals surface area contributed by atoms with E-state index in [-0.39, 0.29) is 23.4 Å².